The maximum absolute atomic E-state index is 13.0. The minimum Gasteiger partial charge on any atom is -0.342 e. The van der Waals surface area contributed by atoms with Crippen LogP contribution in [-0.2, 0) is 11.2 Å². The SMILES string of the molecule is CN(C)C(=O)N1CCC[C@H](C(=O)N2CCC(Cc3noc(C4CC4)n3)CC2)C1. The van der Waals surface area contributed by atoms with Gasteiger partial charge in [0.1, 0.15) is 0 Å². The van der Waals surface area contributed by atoms with E-state index in [0.717, 1.165) is 63.5 Å². The minimum absolute atomic E-state index is 0.00175. The number of piperidine rings is 2. The fourth-order valence-corrected chi connectivity index (χ4v) is 4.36. The molecule has 1 atom stereocenters. The van der Waals surface area contributed by atoms with E-state index in [9.17, 15) is 9.59 Å². The van der Waals surface area contributed by atoms with Crippen molar-refractivity contribution in [1.29, 1.82) is 0 Å². The van der Waals surface area contributed by atoms with Crippen molar-refractivity contribution in [2.75, 3.05) is 40.3 Å². The van der Waals surface area contributed by atoms with Gasteiger partial charge in [0, 0.05) is 52.6 Å². The van der Waals surface area contributed by atoms with E-state index in [-0.39, 0.29) is 17.9 Å². The van der Waals surface area contributed by atoms with Crippen molar-refractivity contribution in [2.45, 2.75) is 50.9 Å². The van der Waals surface area contributed by atoms with Crippen molar-refractivity contribution >= 4 is 11.9 Å². The monoisotopic (exact) mass is 389 g/mol. The van der Waals surface area contributed by atoms with Gasteiger partial charge in [0.25, 0.3) is 0 Å². The van der Waals surface area contributed by atoms with Gasteiger partial charge < -0.3 is 19.2 Å². The Balaban J connectivity index is 1.25. The molecule has 8 heteroatoms. The molecule has 0 radical (unpaired) electrons. The number of hydrogen-bond donors (Lipinski definition) is 0. The van der Waals surface area contributed by atoms with Crippen LogP contribution >= 0.6 is 0 Å². The first kappa shape index (κ1) is 19.2. The lowest BCUT2D eigenvalue weighted by Gasteiger charge is -2.38. The maximum atomic E-state index is 13.0. The molecule has 154 valence electrons. The maximum Gasteiger partial charge on any atom is 0.319 e. The first-order valence-corrected chi connectivity index (χ1v) is 10.6. The molecule has 0 N–H and O–H groups in total. The van der Waals surface area contributed by atoms with Crippen LogP contribution in [0.3, 0.4) is 0 Å². The van der Waals surface area contributed by atoms with Crippen molar-refractivity contribution in [3.63, 3.8) is 0 Å². The molecule has 3 fully saturated rings. The molecule has 0 spiro atoms. The number of carbonyl (C=O) groups is 2. The Morgan fingerprint density at radius 2 is 1.82 bits per heavy atom. The zero-order chi connectivity index (χ0) is 19.7. The molecule has 2 aliphatic heterocycles. The number of nitrogens with zero attached hydrogens (tertiary/aromatic N) is 5. The molecule has 0 unspecified atom stereocenters. The number of amides is 3. The standard InChI is InChI=1S/C20H31N5O3/c1-23(2)20(27)25-9-3-4-16(13-25)19(26)24-10-7-14(8-11-24)12-17-21-18(28-22-17)15-5-6-15/h14-16H,3-13H2,1-2H3/t16-/m0/s1. The highest BCUT2D eigenvalue weighted by molar-refractivity contribution is 5.81. The third-order valence-electron chi connectivity index (χ3n) is 6.23. The van der Waals surface area contributed by atoms with Gasteiger partial charge in [-0.1, -0.05) is 5.16 Å². The van der Waals surface area contributed by atoms with Crippen molar-refractivity contribution in [3.8, 4) is 0 Å². The van der Waals surface area contributed by atoms with Crippen LogP contribution in [0.15, 0.2) is 4.52 Å². The van der Waals surface area contributed by atoms with E-state index in [0.29, 0.717) is 18.4 Å². The molecular formula is C20H31N5O3. The van der Waals surface area contributed by atoms with Gasteiger partial charge in [-0.05, 0) is 44.4 Å². The van der Waals surface area contributed by atoms with Crippen molar-refractivity contribution in [1.82, 2.24) is 24.8 Å². The fourth-order valence-electron chi connectivity index (χ4n) is 4.36. The summed E-state index contributed by atoms with van der Waals surface area (Å²) in [6.45, 7) is 2.86. The molecule has 1 aromatic rings. The van der Waals surface area contributed by atoms with Crippen LogP contribution in [0.1, 0.15) is 56.2 Å². The van der Waals surface area contributed by atoms with Gasteiger partial charge in [-0.15, -0.1) is 0 Å². The molecule has 1 saturated carbocycles. The number of urea groups is 1. The van der Waals surface area contributed by atoms with E-state index in [1.54, 1.807) is 19.0 Å². The third-order valence-corrected chi connectivity index (χ3v) is 6.23. The van der Waals surface area contributed by atoms with Gasteiger partial charge in [0.15, 0.2) is 5.82 Å². The first-order chi connectivity index (χ1) is 13.5. The lowest BCUT2D eigenvalue weighted by molar-refractivity contribution is -0.138. The molecule has 3 heterocycles. The van der Waals surface area contributed by atoms with Crippen LogP contribution in [0, 0.1) is 11.8 Å². The zero-order valence-corrected chi connectivity index (χ0v) is 17.0. The van der Waals surface area contributed by atoms with E-state index in [1.165, 1.54) is 12.8 Å². The molecule has 3 aliphatic rings. The van der Waals surface area contributed by atoms with Gasteiger partial charge in [0.2, 0.25) is 11.8 Å². The quantitative estimate of drug-likeness (QED) is 0.788. The molecule has 0 bridgehead atoms. The van der Waals surface area contributed by atoms with Crippen molar-refractivity contribution < 1.29 is 14.1 Å². The second kappa shape index (κ2) is 8.09. The lowest BCUT2D eigenvalue weighted by atomic mass is 9.91. The summed E-state index contributed by atoms with van der Waals surface area (Å²) in [6.07, 6.45) is 6.91. The summed E-state index contributed by atoms with van der Waals surface area (Å²) in [6, 6.07) is 0.00175. The Bertz CT molecular complexity index is 706. The van der Waals surface area contributed by atoms with Gasteiger partial charge in [0.05, 0.1) is 5.92 Å². The molecule has 8 nitrogen and oxygen atoms in total. The molecule has 3 amide bonds. The van der Waals surface area contributed by atoms with E-state index >= 15 is 0 Å². The highest BCUT2D eigenvalue weighted by Crippen LogP contribution is 2.39. The Morgan fingerprint density at radius 3 is 2.50 bits per heavy atom. The van der Waals surface area contributed by atoms with Crippen LogP contribution < -0.4 is 0 Å². The minimum atomic E-state index is -0.0625. The molecule has 28 heavy (non-hydrogen) atoms. The Hall–Kier alpha value is -2.12. The van der Waals surface area contributed by atoms with Crippen LogP contribution in [0.25, 0.3) is 0 Å². The summed E-state index contributed by atoms with van der Waals surface area (Å²) in [5.41, 5.74) is 0. The van der Waals surface area contributed by atoms with Crippen LogP contribution in [-0.4, -0.2) is 77.1 Å². The van der Waals surface area contributed by atoms with Gasteiger partial charge >= 0.3 is 6.03 Å². The first-order valence-electron chi connectivity index (χ1n) is 10.6. The van der Waals surface area contributed by atoms with Crippen molar-refractivity contribution in [2.24, 2.45) is 11.8 Å². The van der Waals surface area contributed by atoms with E-state index in [1.807, 2.05) is 9.80 Å². The predicted molar refractivity (Wildman–Crippen MR) is 103 cm³/mol. The van der Waals surface area contributed by atoms with Crippen LogP contribution in [0.4, 0.5) is 4.79 Å². The second-order valence-electron chi connectivity index (χ2n) is 8.76. The number of carbonyl (C=O) groups excluding carboxylic acids is 2. The number of hydrogen-bond acceptors (Lipinski definition) is 5. The third kappa shape index (κ3) is 4.31. The number of aromatic nitrogens is 2. The molecule has 1 aliphatic carbocycles. The smallest absolute Gasteiger partial charge is 0.319 e. The summed E-state index contributed by atoms with van der Waals surface area (Å²) in [5, 5.41) is 4.13. The average Bonchev–Trinajstić information content (AvgIpc) is 3.47. The highest BCUT2D eigenvalue weighted by atomic mass is 16.5. The summed E-state index contributed by atoms with van der Waals surface area (Å²) in [7, 11) is 3.52. The summed E-state index contributed by atoms with van der Waals surface area (Å²) in [5.74, 6) is 2.77. The lowest BCUT2D eigenvalue weighted by Crippen LogP contribution is -2.50. The number of rotatable bonds is 4. The normalized spacial score (nSPS) is 23.7. The Morgan fingerprint density at radius 1 is 1.07 bits per heavy atom. The topological polar surface area (TPSA) is 82.8 Å². The Kier molecular flexibility index (Phi) is 5.55. The molecule has 0 aromatic carbocycles. The largest absolute Gasteiger partial charge is 0.342 e. The van der Waals surface area contributed by atoms with Gasteiger partial charge in [-0.2, -0.15) is 4.98 Å². The summed E-state index contributed by atoms with van der Waals surface area (Å²) < 4.78 is 5.35. The van der Waals surface area contributed by atoms with Crippen molar-refractivity contribution in [3.05, 3.63) is 11.7 Å². The van der Waals surface area contributed by atoms with E-state index < -0.39 is 0 Å². The summed E-state index contributed by atoms with van der Waals surface area (Å²) in [4.78, 5) is 35.1. The number of likely N-dealkylation sites (tertiary alicyclic amines) is 2. The second-order valence-corrected chi connectivity index (χ2v) is 8.76. The average molecular weight is 390 g/mol. The molecule has 4 rings (SSSR count). The predicted octanol–water partition coefficient (Wildman–Crippen LogP) is 2.12. The highest BCUT2D eigenvalue weighted by Gasteiger charge is 2.34. The van der Waals surface area contributed by atoms with E-state index in [4.69, 9.17) is 4.52 Å². The van der Waals surface area contributed by atoms with Gasteiger partial charge in [-0.25, -0.2) is 4.79 Å². The van der Waals surface area contributed by atoms with E-state index in [2.05, 4.69) is 10.1 Å². The summed E-state index contributed by atoms with van der Waals surface area (Å²) >= 11 is 0. The molecule has 1 aromatic heterocycles. The van der Waals surface area contributed by atoms with Crippen LogP contribution in [0.2, 0.25) is 0 Å². The zero-order valence-electron chi connectivity index (χ0n) is 17.0. The van der Waals surface area contributed by atoms with Gasteiger partial charge in [-0.3, -0.25) is 4.79 Å². The van der Waals surface area contributed by atoms with Crippen LogP contribution in [0.5, 0.6) is 0 Å². The fraction of sp³-hybridized carbons (Fsp3) is 0.800. The Labute approximate surface area is 166 Å². The molecule has 2 saturated heterocycles. The molecular weight excluding hydrogens is 358 g/mol.